The smallest absolute Gasteiger partial charge is 0.201 e. The Bertz CT molecular complexity index is 319. The zero-order chi connectivity index (χ0) is 10.7. The maximum atomic E-state index is 9.77. The highest BCUT2D eigenvalue weighted by molar-refractivity contribution is 5.55. The first-order valence-corrected chi connectivity index (χ1v) is 4.55. The molecule has 0 amide bonds. The lowest BCUT2D eigenvalue weighted by atomic mass is 10.0. The summed E-state index contributed by atoms with van der Waals surface area (Å²) in [6, 6.07) is 3.65. The van der Waals surface area contributed by atoms with Crippen LogP contribution in [0.1, 0.15) is 25.3 Å². The Kier molecular flexibility index (Phi) is 3.23. The van der Waals surface area contributed by atoms with E-state index in [0.717, 1.165) is 5.56 Å². The lowest BCUT2D eigenvalue weighted by molar-refractivity contribution is 0.336. The summed E-state index contributed by atoms with van der Waals surface area (Å²) in [6.45, 7) is 4.09. The van der Waals surface area contributed by atoms with Gasteiger partial charge in [-0.25, -0.2) is 0 Å². The number of aromatic hydroxyl groups is 1. The van der Waals surface area contributed by atoms with Crippen molar-refractivity contribution in [3.63, 3.8) is 0 Å². The molecule has 3 heteroatoms. The first kappa shape index (κ1) is 10.7. The van der Waals surface area contributed by atoms with E-state index in [0.29, 0.717) is 17.4 Å². The number of ether oxygens (including phenoxy) is 2. The van der Waals surface area contributed by atoms with Crippen molar-refractivity contribution in [2.45, 2.75) is 19.8 Å². The second kappa shape index (κ2) is 4.22. The van der Waals surface area contributed by atoms with Gasteiger partial charge in [-0.15, -0.1) is 0 Å². The molecule has 0 saturated heterocycles. The molecular formula is C11H16O3. The molecule has 14 heavy (non-hydrogen) atoms. The molecule has 0 radical (unpaired) electrons. The highest BCUT2D eigenvalue weighted by atomic mass is 16.5. The molecule has 0 unspecified atom stereocenters. The quantitative estimate of drug-likeness (QED) is 0.807. The SMILES string of the molecule is COc1ccc(C(C)C)c(OC)c1O. The average molecular weight is 196 g/mol. The summed E-state index contributed by atoms with van der Waals surface area (Å²) < 4.78 is 10.1. The fourth-order valence-corrected chi connectivity index (χ4v) is 1.40. The van der Waals surface area contributed by atoms with Crippen LogP contribution in [0.3, 0.4) is 0 Å². The maximum Gasteiger partial charge on any atom is 0.201 e. The minimum Gasteiger partial charge on any atom is -0.502 e. The Labute approximate surface area is 84.3 Å². The fraction of sp³-hybridized carbons (Fsp3) is 0.455. The van der Waals surface area contributed by atoms with Crippen LogP contribution in [0.5, 0.6) is 17.2 Å². The largest absolute Gasteiger partial charge is 0.502 e. The molecule has 0 heterocycles. The molecule has 0 aliphatic carbocycles. The lowest BCUT2D eigenvalue weighted by Gasteiger charge is -2.14. The lowest BCUT2D eigenvalue weighted by Crippen LogP contribution is -1.96. The van der Waals surface area contributed by atoms with E-state index >= 15 is 0 Å². The number of phenols is 1. The number of phenolic OH excluding ortho intramolecular Hbond substituents is 1. The van der Waals surface area contributed by atoms with E-state index in [2.05, 4.69) is 0 Å². The van der Waals surface area contributed by atoms with Gasteiger partial charge in [0, 0.05) is 5.56 Å². The van der Waals surface area contributed by atoms with E-state index in [4.69, 9.17) is 9.47 Å². The first-order valence-electron chi connectivity index (χ1n) is 4.55. The molecule has 0 saturated carbocycles. The third-order valence-electron chi connectivity index (χ3n) is 2.17. The summed E-state index contributed by atoms with van der Waals surface area (Å²) >= 11 is 0. The van der Waals surface area contributed by atoms with Crippen molar-refractivity contribution < 1.29 is 14.6 Å². The second-order valence-corrected chi connectivity index (χ2v) is 3.39. The molecule has 0 fully saturated rings. The predicted molar refractivity (Wildman–Crippen MR) is 55.3 cm³/mol. The van der Waals surface area contributed by atoms with Crippen molar-refractivity contribution >= 4 is 0 Å². The predicted octanol–water partition coefficient (Wildman–Crippen LogP) is 2.53. The number of rotatable bonds is 3. The minimum atomic E-state index is 0.0706. The van der Waals surface area contributed by atoms with Gasteiger partial charge in [-0.05, 0) is 12.0 Å². The highest BCUT2D eigenvalue weighted by Gasteiger charge is 2.15. The van der Waals surface area contributed by atoms with Gasteiger partial charge in [0.15, 0.2) is 11.5 Å². The van der Waals surface area contributed by atoms with Gasteiger partial charge in [-0.2, -0.15) is 0 Å². The normalized spacial score (nSPS) is 10.4. The van der Waals surface area contributed by atoms with Crippen molar-refractivity contribution in [1.82, 2.24) is 0 Å². The number of methoxy groups -OCH3 is 2. The summed E-state index contributed by atoms with van der Waals surface area (Å²) in [5, 5.41) is 9.77. The third kappa shape index (κ3) is 1.76. The highest BCUT2D eigenvalue weighted by Crippen LogP contribution is 2.41. The maximum absolute atomic E-state index is 9.77. The van der Waals surface area contributed by atoms with Crippen LogP contribution < -0.4 is 9.47 Å². The molecule has 1 N–H and O–H groups in total. The van der Waals surface area contributed by atoms with Gasteiger partial charge in [0.25, 0.3) is 0 Å². The molecule has 0 aromatic heterocycles. The average Bonchev–Trinajstić information content (AvgIpc) is 2.17. The van der Waals surface area contributed by atoms with E-state index in [1.807, 2.05) is 19.9 Å². The van der Waals surface area contributed by atoms with Crippen LogP contribution in [0.25, 0.3) is 0 Å². The molecule has 1 aromatic carbocycles. The van der Waals surface area contributed by atoms with Gasteiger partial charge >= 0.3 is 0 Å². The van der Waals surface area contributed by atoms with E-state index in [1.165, 1.54) is 7.11 Å². The van der Waals surface area contributed by atoms with Gasteiger partial charge in [-0.1, -0.05) is 19.9 Å². The van der Waals surface area contributed by atoms with E-state index in [1.54, 1.807) is 13.2 Å². The van der Waals surface area contributed by atoms with Crippen molar-refractivity contribution in [3.05, 3.63) is 17.7 Å². The third-order valence-corrected chi connectivity index (χ3v) is 2.17. The molecule has 3 nitrogen and oxygen atoms in total. The first-order chi connectivity index (χ1) is 6.61. The molecule has 1 rings (SSSR count). The van der Waals surface area contributed by atoms with Gasteiger partial charge < -0.3 is 14.6 Å². The summed E-state index contributed by atoms with van der Waals surface area (Å²) in [5.74, 6) is 1.31. The summed E-state index contributed by atoms with van der Waals surface area (Å²) in [6.07, 6.45) is 0. The molecule has 0 atom stereocenters. The van der Waals surface area contributed by atoms with Crippen LogP contribution in [0, 0.1) is 0 Å². The number of hydrogen-bond donors (Lipinski definition) is 1. The monoisotopic (exact) mass is 196 g/mol. The van der Waals surface area contributed by atoms with Crippen LogP contribution in [-0.2, 0) is 0 Å². The zero-order valence-corrected chi connectivity index (χ0v) is 9.00. The minimum absolute atomic E-state index is 0.0706. The van der Waals surface area contributed by atoms with Crippen LogP contribution in [-0.4, -0.2) is 19.3 Å². The van der Waals surface area contributed by atoms with Gasteiger partial charge in [-0.3, -0.25) is 0 Å². The Hall–Kier alpha value is -1.38. The molecule has 0 bridgehead atoms. The Morgan fingerprint density at radius 1 is 1.14 bits per heavy atom. The van der Waals surface area contributed by atoms with Gasteiger partial charge in [0.2, 0.25) is 5.75 Å². The fourth-order valence-electron chi connectivity index (χ4n) is 1.40. The molecule has 0 aliphatic rings. The van der Waals surface area contributed by atoms with Crippen LogP contribution in [0.2, 0.25) is 0 Å². The van der Waals surface area contributed by atoms with Crippen molar-refractivity contribution in [3.8, 4) is 17.2 Å². The summed E-state index contributed by atoms with van der Waals surface area (Å²) in [5.41, 5.74) is 0.978. The van der Waals surface area contributed by atoms with Crippen molar-refractivity contribution in [2.24, 2.45) is 0 Å². The van der Waals surface area contributed by atoms with E-state index < -0.39 is 0 Å². The molecule has 78 valence electrons. The molecule has 1 aromatic rings. The number of hydrogen-bond acceptors (Lipinski definition) is 3. The van der Waals surface area contributed by atoms with Gasteiger partial charge in [0.05, 0.1) is 14.2 Å². The summed E-state index contributed by atoms with van der Waals surface area (Å²) in [7, 11) is 3.06. The standard InChI is InChI=1S/C11H16O3/c1-7(2)8-5-6-9(13-3)10(12)11(8)14-4/h5-7,12H,1-4H3. The van der Waals surface area contributed by atoms with Crippen LogP contribution in [0.15, 0.2) is 12.1 Å². The van der Waals surface area contributed by atoms with Gasteiger partial charge in [0.1, 0.15) is 0 Å². The molecular weight excluding hydrogens is 180 g/mol. The number of benzene rings is 1. The summed E-state index contributed by atoms with van der Waals surface area (Å²) in [4.78, 5) is 0. The molecule has 0 aliphatic heterocycles. The van der Waals surface area contributed by atoms with Crippen LogP contribution >= 0.6 is 0 Å². The van der Waals surface area contributed by atoms with E-state index in [-0.39, 0.29) is 5.75 Å². The van der Waals surface area contributed by atoms with Crippen LogP contribution in [0.4, 0.5) is 0 Å². The molecule has 0 spiro atoms. The van der Waals surface area contributed by atoms with Crippen molar-refractivity contribution in [1.29, 1.82) is 0 Å². The Morgan fingerprint density at radius 3 is 2.21 bits per heavy atom. The second-order valence-electron chi connectivity index (χ2n) is 3.39. The zero-order valence-electron chi connectivity index (χ0n) is 9.00. The Morgan fingerprint density at radius 2 is 1.79 bits per heavy atom. The van der Waals surface area contributed by atoms with E-state index in [9.17, 15) is 5.11 Å². The van der Waals surface area contributed by atoms with Crippen molar-refractivity contribution in [2.75, 3.05) is 14.2 Å². The topological polar surface area (TPSA) is 38.7 Å². The Balaban J connectivity index is 3.28.